The molecular formula is C22H23Cl3N4OS. The van der Waals surface area contributed by atoms with E-state index in [1.54, 1.807) is 0 Å². The van der Waals surface area contributed by atoms with Gasteiger partial charge in [-0.15, -0.1) is 0 Å². The summed E-state index contributed by atoms with van der Waals surface area (Å²) >= 11 is 24.1. The van der Waals surface area contributed by atoms with Crippen LogP contribution in [-0.4, -0.2) is 39.0 Å². The van der Waals surface area contributed by atoms with Crippen LogP contribution in [0.15, 0.2) is 42.5 Å². The highest BCUT2D eigenvalue weighted by atomic mass is 35.5. The van der Waals surface area contributed by atoms with Crippen molar-refractivity contribution >= 4 is 47.0 Å². The number of ether oxygens (including phenoxy) is 1. The molecule has 0 saturated carbocycles. The SMILES string of the molecule is CN(Cc1ccc(Cl)c(Cl)c1)Cn1nc(-c2ccc(Cl)cc2)n(C[C@@H]2CCCO2)c1=S. The Morgan fingerprint density at radius 3 is 2.58 bits per heavy atom. The molecule has 3 aromatic rings. The monoisotopic (exact) mass is 496 g/mol. The largest absolute Gasteiger partial charge is 0.376 e. The lowest BCUT2D eigenvalue weighted by Crippen LogP contribution is -2.23. The van der Waals surface area contributed by atoms with Crippen molar-refractivity contribution in [3.8, 4) is 11.4 Å². The Kier molecular flexibility index (Phi) is 7.37. The van der Waals surface area contributed by atoms with Crippen LogP contribution in [0.4, 0.5) is 0 Å². The molecule has 0 spiro atoms. The summed E-state index contributed by atoms with van der Waals surface area (Å²) in [5.41, 5.74) is 2.04. The molecule has 5 nitrogen and oxygen atoms in total. The van der Waals surface area contributed by atoms with Crippen molar-refractivity contribution < 1.29 is 4.74 Å². The van der Waals surface area contributed by atoms with Crippen LogP contribution in [-0.2, 0) is 24.5 Å². The molecular weight excluding hydrogens is 475 g/mol. The van der Waals surface area contributed by atoms with Crippen LogP contribution >= 0.6 is 47.0 Å². The lowest BCUT2D eigenvalue weighted by atomic mass is 10.2. The summed E-state index contributed by atoms with van der Waals surface area (Å²) in [5.74, 6) is 0.820. The molecule has 0 bridgehead atoms. The standard InChI is InChI=1S/C22H23Cl3N4OS/c1-27(12-15-4-9-19(24)20(25)11-15)14-29-22(31)28(13-18-3-2-10-30-18)21(26-29)16-5-7-17(23)8-6-16/h4-9,11,18H,2-3,10,12-14H2,1H3/t18-/m0/s1. The van der Waals surface area contributed by atoms with E-state index in [9.17, 15) is 0 Å². The number of halogens is 3. The predicted molar refractivity (Wildman–Crippen MR) is 128 cm³/mol. The molecule has 31 heavy (non-hydrogen) atoms. The summed E-state index contributed by atoms with van der Waals surface area (Å²) in [4.78, 5) is 2.13. The Hall–Kier alpha value is -1.41. The number of aromatic nitrogens is 3. The minimum atomic E-state index is 0.157. The second-order valence-corrected chi connectivity index (χ2v) is 9.38. The smallest absolute Gasteiger partial charge is 0.199 e. The zero-order chi connectivity index (χ0) is 22.0. The zero-order valence-corrected chi connectivity index (χ0v) is 20.2. The van der Waals surface area contributed by atoms with Crippen molar-refractivity contribution in [2.24, 2.45) is 0 Å². The summed E-state index contributed by atoms with van der Waals surface area (Å²) < 4.78 is 10.4. The summed E-state index contributed by atoms with van der Waals surface area (Å²) in [5, 5.41) is 6.64. The van der Waals surface area contributed by atoms with Gasteiger partial charge in [0.2, 0.25) is 0 Å². The Bertz CT molecular complexity index is 1110. The Morgan fingerprint density at radius 2 is 1.90 bits per heavy atom. The van der Waals surface area contributed by atoms with Crippen LogP contribution in [0.1, 0.15) is 18.4 Å². The van der Waals surface area contributed by atoms with Crippen molar-refractivity contribution in [2.75, 3.05) is 13.7 Å². The topological polar surface area (TPSA) is 35.2 Å². The zero-order valence-electron chi connectivity index (χ0n) is 17.1. The molecule has 164 valence electrons. The number of hydrogen-bond acceptors (Lipinski definition) is 4. The lowest BCUT2D eigenvalue weighted by Gasteiger charge is -2.17. The highest BCUT2D eigenvalue weighted by molar-refractivity contribution is 7.71. The molecule has 1 atom stereocenters. The van der Waals surface area contributed by atoms with E-state index in [0.717, 1.165) is 36.4 Å². The van der Waals surface area contributed by atoms with E-state index in [2.05, 4.69) is 9.47 Å². The molecule has 1 fully saturated rings. The molecule has 2 aromatic carbocycles. The quantitative estimate of drug-likeness (QED) is 0.358. The van der Waals surface area contributed by atoms with E-state index in [-0.39, 0.29) is 6.10 Å². The molecule has 1 aromatic heterocycles. The molecule has 4 rings (SSSR count). The van der Waals surface area contributed by atoms with Crippen molar-refractivity contribution in [2.45, 2.75) is 38.7 Å². The third kappa shape index (κ3) is 5.51. The van der Waals surface area contributed by atoms with Crippen LogP contribution in [0, 0.1) is 4.77 Å². The maximum atomic E-state index is 6.16. The second-order valence-electron chi connectivity index (χ2n) is 7.76. The molecule has 0 aliphatic carbocycles. The fourth-order valence-corrected chi connectivity index (χ4v) is 4.44. The third-order valence-electron chi connectivity index (χ3n) is 5.25. The average molecular weight is 498 g/mol. The summed E-state index contributed by atoms with van der Waals surface area (Å²) in [7, 11) is 2.02. The van der Waals surface area contributed by atoms with Gasteiger partial charge in [0, 0.05) is 23.7 Å². The van der Waals surface area contributed by atoms with Crippen LogP contribution in [0.2, 0.25) is 15.1 Å². The van der Waals surface area contributed by atoms with Gasteiger partial charge in [-0.1, -0.05) is 40.9 Å². The third-order valence-corrected chi connectivity index (χ3v) is 6.67. The highest BCUT2D eigenvalue weighted by Gasteiger charge is 2.21. The van der Waals surface area contributed by atoms with Gasteiger partial charge in [-0.3, -0.25) is 9.47 Å². The van der Waals surface area contributed by atoms with Crippen LogP contribution in [0.25, 0.3) is 11.4 Å². The van der Waals surface area contributed by atoms with Gasteiger partial charge in [0.1, 0.15) is 0 Å². The second kappa shape index (κ2) is 10.0. The summed E-state index contributed by atoms with van der Waals surface area (Å²) in [6.07, 6.45) is 2.27. The maximum Gasteiger partial charge on any atom is 0.199 e. The molecule has 1 saturated heterocycles. The molecule has 1 aliphatic rings. The van der Waals surface area contributed by atoms with Crippen molar-refractivity contribution in [3.63, 3.8) is 0 Å². The number of nitrogens with zero attached hydrogens (tertiary/aromatic N) is 4. The molecule has 0 N–H and O–H groups in total. The van der Waals surface area contributed by atoms with Gasteiger partial charge in [0.15, 0.2) is 10.6 Å². The van der Waals surface area contributed by atoms with Gasteiger partial charge in [-0.2, -0.15) is 5.10 Å². The van der Waals surface area contributed by atoms with Gasteiger partial charge < -0.3 is 4.74 Å². The number of rotatable bonds is 7. The van der Waals surface area contributed by atoms with Gasteiger partial charge in [0.25, 0.3) is 0 Å². The molecule has 1 aliphatic heterocycles. The van der Waals surface area contributed by atoms with Crippen LogP contribution in [0.5, 0.6) is 0 Å². The first-order valence-electron chi connectivity index (χ1n) is 10.1. The number of hydrogen-bond donors (Lipinski definition) is 0. The van der Waals surface area contributed by atoms with E-state index < -0.39 is 0 Å². The molecule has 2 heterocycles. The Balaban J connectivity index is 1.59. The minimum absolute atomic E-state index is 0.157. The summed E-state index contributed by atoms with van der Waals surface area (Å²) in [6, 6.07) is 13.3. The van der Waals surface area contributed by atoms with Crippen molar-refractivity contribution in [1.29, 1.82) is 0 Å². The highest BCUT2D eigenvalue weighted by Crippen LogP contribution is 2.25. The van der Waals surface area contributed by atoms with E-state index >= 15 is 0 Å². The molecule has 0 unspecified atom stereocenters. The fourth-order valence-electron chi connectivity index (χ4n) is 3.73. The maximum absolute atomic E-state index is 6.16. The van der Waals surface area contributed by atoms with E-state index in [1.807, 2.05) is 54.2 Å². The minimum Gasteiger partial charge on any atom is -0.376 e. The molecule has 0 amide bonds. The van der Waals surface area contributed by atoms with Gasteiger partial charge in [-0.25, -0.2) is 4.68 Å². The van der Waals surface area contributed by atoms with Gasteiger partial charge in [-0.05, 0) is 74.1 Å². The number of benzene rings is 2. The first-order valence-corrected chi connectivity index (χ1v) is 11.6. The van der Waals surface area contributed by atoms with Crippen LogP contribution < -0.4 is 0 Å². The van der Waals surface area contributed by atoms with E-state index in [0.29, 0.717) is 39.6 Å². The average Bonchev–Trinajstić information content (AvgIpc) is 3.35. The van der Waals surface area contributed by atoms with E-state index in [1.165, 1.54) is 0 Å². The van der Waals surface area contributed by atoms with Crippen molar-refractivity contribution in [3.05, 3.63) is 67.9 Å². The first-order chi connectivity index (χ1) is 14.9. The Labute approximate surface area is 202 Å². The van der Waals surface area contributed by atoms with Gasteiger partial charge >= 0.3 is 0 Å². The molecule has 0 radical (unpaired) electrons. The fraction of sp³-hybridized carbons (Fsp3) is 0.364. The first kappa shape index (κ1) is 22.8. The van der Waals surface area contributed by atoms with Crippen LogP contribution in [0.3, 0.4) is 0 Å². The molecule has 9 heteroatoms. The summed E-state index contributed by atoms with van der Waals surface area (Å²) in [6.45, 7) is 2.72. The lowest BCUT2D eigenvalue weighted by molar-refractivity contribution is 0.0967. The van der Waals surface area contributed by atoms with Gasteiger partial charge in [0.05, 0.1) is 29.4 Å². The Morgan fingerprint density at radius 1 is 1.13 bits per heavy atom. The van der Waals surface area contributed by atoms with E-state index in [4.69, 9.17) is 56.9 Å². The van der Waals surface area contributed by atoms with Crippen molar-refractivity contribution in [1.82, 2.24) is 19.2 Å². The predicted octanol–water partition coefficient (Wildman–Crippen LogP) is 6.31. The normalized spacial score (nSPS) is 16.4.